The van der Waals surface area contributed by atoms with Gasteiger partial charge >= 0.3 is 0 Å². The van der Waals surface area contributed by atoms with Gasteiger partial charge in [0.1, 0.15) is 0 Å². The lowest BCUT2D eigenvalue weighted by Crippen LogP contribution is -1.92. The highest BCUT2D eigenvalue weighted by molar-refractivity contribution is 6.30. The SMILES string of the molecule is Cc1cc(-c2ccc(Cl)cc2)cn2nnnc12. The van der Waals surface area contributed by atoms with Crippen LogP contribution in [0, 0.1) is 6.92 Å². The third-order valence-corrected chi connectivity index (χ3v) is 2.91. The fraction of sp³-hybridized carbons (Fsp3) is 0.0833. The molecule has 0 fully saturated rings. The second kappa shape index (κ2) is 3.82. The van der Waals surface area contributed by atoms with Crippen molar-refractivity contribution in [2.75, 3.05) is 0 Å². The highest BCUT2D eigenvalue weighted by Crippen LogP contribution is 2.23. The number of aromatic nitrogens is 4. The van der Waals surface area contributed by atoms with Crippen LogP contribution in [0.3, 0.4) is 0 Å². The number of pyridine rings is 1. The van der Waals surface area contributed by atoms with Crippen LogP contribution in [-0.2, 0) is 0 Å². The molecule has 0 aliphatic rings. The quantitative estimate of drug-likeness (QED) is 0.661. The second-order valence-electron chi connectivity index (χ2n) is 3.87. The van der Waals surface area contributed by atoms with Crippen molar-refractivity contribution >= 4 is 17.2 Å². The van der Waals surface area contributed by atoms with Gasteiger partial charge < -0.3 is 0 Å². The Morgan fingerprint density at radius 1 is 1.12 bits per heavy atom. The third kappa shape index (κ3) is 1.76. The minimum atomic E-state index is 0.731. The molecule has 0 saturated heterocycles. The van der Waals surface area contributed by atoms with Crippen molar-refractivity contribution in [1.29, 1.82) is 0 Å². The standard InChI is InChI=1S/C12H9ClN4/c1-8-6-10(7-17-12(8)14-15-16-17)9-2-4-11(13)5-3-9/h2-7H,1H3. The molecule has 17 heavy (non-hydrogen) atoms. The van der Waals surface area contributed by atoms with E-state index < -0.39 is 0 Å². The molecular formula is C12H9ClN4. The minimum Gasteiger partial charge on any atom is -0.200 e. The van der Waals surface area contributed by atoms with Gasteiger partial charge in [0.15, 0.2) is 5.65 Å². The first-order chi connectivity index (χ1) is 8.24. The van der Waals surface area contributed by atoms with Crippen molar-refractivity contribution in [1.82, 2.24) is 20.0 Å². The molecule has 0 atom stereocenters. The predicted molar refractivity (Wildman–Crippen MR) is 66.0 cm³/mol. The van der Waals surface area contributed by atoms with Crippen LogP contribution in [0.4, 0.5) is 0 Å². The van der Waals surface area contributed by atoms with Crippen LogP contribution in [0.5, 0.6) is 0 Å². The number of rotatable bonds is 1. The molecule has 0 aliphatic carbocycles. The summed E-state index contributed by atoms with van der Waals surface area (Å²) in [6.45, 7) is 1.99. The lowest BCUT2D eigenvalue weighted by Gasteiger charge is -2.04. The number of hydrogen-bond acceptors (Lipinski definition) is 3. The van der Waals surface area contributed by atoms with Crippen molar-refractivity contribution < 1.29 is 0 Å². The van der Waals surface area contributed by atoms with Crippen molar-refractivity contribution in [2.24, 2.45) is 0 Å². The van der Waals surface area contributed by atoms with Crippen LogP contribution in [0.25, 0.3) is 16.8 Å². The summed E-state index contributed by atoms with van der Waals surface area (Å²) >= 11 is 5.87. The molecule has 0 amide bonds. The summed E-state index contributed by atoms with van der Waals surface area (Å²) in [5.41, 5.74) is 3.99. The zero-order valence-electron chi connectivity index (χ0n) is 9.13. The number of aryl methyl sites for hydroxylation is 1. The fourth-order valence-corrected chi connectivity index (χ4v) is 1.93. The topological polar surface area (TPSA) is 43.1 Å². The Balaban J connectivity index is 2.20. The van der Waals surface area contributed by atoms with E-state index in [-0.39, 0.29) is 0 Å². The molecule has 0 radical (unpaired) electrons. The van der Waals surface area contributed by atoms with E-state index >= 15 is 0 Å². The Bertz CT molecular complexity index is 673. The van der Waals surface area contributed by atoms with E-state index in [2.05, 4.69) is 21.6 Å². The van der Waals surface area contributed by atoms with Crippen LogP contribution in [-0.4, -0.2) is 20.0 Å². The first-order valence-corrected chi connectivity index (χ1v) is 5.56. The van der Waals surface area contributed by atoms with Crippen molar-refractivity contribution in [2.45, 2.75) is 6.92 Å². The van der Waals surface area contributed by atoms with Crippen LogP contribution >= 0.6 is 11.6 Å². The maximum atomic E-state index is 5.87. The zero-order valence-corrected chi connectivity index (χ0v) is 9.89. The highest BCUT2D eigenvalue weighted by atomic mass is 35.5. The zero-order chi connectivity index (χ0) is 11.8. The molecule has 2 heterocycles. The molecule has 0 bridgehead atoms. The molecule has 3 rings (SSSR count). The number of halogens is 1. The molecule has 0 aliphatic heterocycles. The van der Waals surface area contributed by atoms with Crippen molar-refractivity contribution in [3.05, 3.63) is 47.1 Å². The minimum absolute atomic E-state index is 0.731. The van der Waals surface area contributed by atoms with Gasteiger partial charge in [-0.2, -0.15) is 4.52 Å². The van der Waals surface area contributed by atoms with E-state index in [1.165, 1.54) is 0 Å². The molecule has 2 aromatic heterocycles. The van der Waals surface area contributed by atoms with Gasteiger partial charge in [-0.15, -0.1) is 5.10 Å². The first kappa shape index (κ1) is 10.2. The average Bonchev–Trinajstić information content (AvgIpc) is 2.78. The number of fused-ring (bicyclic) bond motifs is 1. The Morgan fingerprint density at radius 2 is 1.88 bits per heavy atom. The van der Waals surface area contributed by atoms with Gasteiger partial charge in [0.2, 0.25) is 0 Å². The Kier molecular flexibility index (Phi) is 2.30. The number of benzene rings is 1. The Morgan fingerprint density at radius 3 is 2.65 bits per heavy atom. The summed E-state index contributed by atoms with van der Waals surface area (Å²) in [5.74, 6) is 0. The lowest BCUT2D eigenvalue weighted by atomic mass is 10.1. The van der Waals surface area contributed by atoms with Gasteiger partial charge in [0.25, 0.3) is 0 Å². The Labute approximate surface area is 103 Å². The van der Waals surface area contributed by atoms with Gasteiger partial charge in [-0.25, -0.2) is 0 Å². The molecule has 0 saturated carbocycles. The van der Waals surface area contributed by atoms with E-state index in [4.69, 9.17) is 11.6 Å². The number of nitrogens with zero attached hydrogens (tertiary/aromatic N) is 4. The molecule has 3 aromatic rings. The molecule has 0 unspecified atom stereocenters. The number of tetrazole rings is 1. The summed E-state index contributed by atoms with van der Waals surface area (Å²) in [6, 6.07) is 9.77. The normalized spacial score (nSPS) is 10.9. The Hall–Kier alpha value is -1.94. The van der Waals surface area contributed by atoms with E-state index in [1.54, 1.807) is 4.52 Å². The summed E-state index contributed by atoms with van der Waals surface area (Å²) in [6.07, 6.45) is 1.91. The summed E-state index contributed by atoms with van der Waals surface area (Å²) < 4.78 is 1.68. The smallest absolute Gasteiger partial charge is 0.182 e. The molecule has 5 heteroatoms. The van der Waals surface area contributed by atoms with Gasteiger partial charge in [-0.3, -0.25) is 0 Å². The van der Waals surface area contributed by atoms with Gasteiger partial charge in [-0.1, -0.05) is 23.7 Å². The largest absolute Gasteiger partial charge is 0.200 e. The van der Waals surface area contributed by atoms with Gasteiger partial charge in [-0.05, 0) is 46.7 Å². The molecule has 84 valence electrons. The van der Waals surface area contributed by atoms with Crippen LogP contribution in [0.2, 0.25) is 5.02 Å². The van der Waals surface area contributed by atoms with E-state index in [9.17, 15) is 0 Å². The molecule has 0 N–H and O–H groups in total. The average molecular weight is 245 g/mol. The first-order valence-electron chi connectivity index (χ1n) is 5.18. The van der Waals surface area contributed by atoms with Gasteiger partial charge in [0.05, 0.1) is 0 Å². The van der Waals surface area contributed by atoms with Crippen LogP contribution < -0.4 is 0 Å². The maximum Gasteiger partial charge on any atom is 0.182 e. The van der Waals surface area contributed by atoms with Crippen molar-refractivity contribution in [3.8, 4) is 11.1 Å². The summed E-state index contributed by atoms with van der Waals surface area (Å²) in [4.78, 5) is 0. The van der Waals surface area contributed by atoms with Crippen LogP contribution in [0.1, 0.15) is 5.56 Å². The molecule has 0 spiro atoms. The molecular weight excluding hydrogens is 236 g/mol. The van der Waals surface area contributed by atoms with E-state index in [0.717, 1.165) is 27.4 Å². The highest BCUT2D eigenvalue weighted by Gasteiger charge is 2.05. The summed E-state index contributed by atoms with van der Waals surface area (Å²) in [5, 5.41) is 12.2. The molecule has 1 aromatic carbocycles. The van der Waals surface area contributed by atoms with Crippen LogP contribution in [0.15, 0.2) is 36.5 Å². The number of hydrogen-bond donors (Lipinski definition) is 0. The predicted octanol–water partition coefficient (Wildman–Crippen LogP) is 2.75. The van der Waals surface area contributed by atoms with E-state index in [0.29, 0.717) is 0 Å². The lowest BCUT2D eigenvalue weighted by molar-refractivity contribution is 0.823. The monoisotopic (exact) mass is 244 g/mol. The van der Waals surface area contributed by atoms with E-state index in [1.807, 2.05) is 37.4 Å². The second-order valence-corrected chi connectivity index (χ2v) is 4.30. The van der Waals surface area contributed by atoms with Crippen molar-refractivity contribution in [3.63, 3.8) is 0 Å². The summed E-state index contributed by atoms with van der Waals surface area (Å²) in [7, 11) is 0. The third-order valence-electron chi connectivity index (χ3n) is 2.66. The molecule has 4 nitrogen and oxygen atoms in total. The van der Waals surface area contributed by atoms with Gasteiger partial charge in [0, 0.05) is 16.8 Å². The fourth-order valence-electron chi connectivity index (χ4n) is 1.81. The maximum absolute atomic E-state index is 5.87.